The lowest BCUT2D eigenvalue weighted by Crippen LogP contribution is -2.23. The average Bonchev–Trinajstić information content (AvgIpc) is 2.65. The number of rotatable bonds is 2. The molecule has 0 bridgehead atoms. The van der Waals surface area contributed by atoms with E-state index >= 15 is 0 Å². The van der Waals surface area contributed by atoms with Crippen LogP contribution in [0.2, 0.25) is 0 Å². The summed E-state index contributed by atoms with van der Waals surface area (Å²) in [7, 11) is 1.97. The molecule has 0 spiro atoms. The van der Waals surface area contributed by atoms with Crippen LogP contribution in [0, 0.1) is 5.82 Å². The van der Waals surface area contributed by atoms with Crippen LogP contribution >= 0.6 is 0 Å². The quantitative estimate of drug-likeness (QED) is 0.797. The van der Waals surface area contributed by atoms with E-state index in [1.165, 1.54) is 12.1 Å². The van der Waals surface area contributed by atoms with Crippen molar-refractivity contribution in [3.05, 3.63) is 42.0 Å². The molecule has 0 radical (unpaired) electrons. The van der Waals surface area contributed by atoms with Crippen molar-refractivity contribution in [3.63, 3.8) is 0 Å². The van der Waals surface area contributed by atoms with Gasteiger partial charge in [0.2, 0.25) is 0 Å². The molecule has 80 valence electrons. The van der Waals surface area contributed by atoms with Crippen LogP contribution in [-0.4, -0.2) is 18.6 Å². The third-order valence-corrected chi connectivity index (χ3v) is 2.45. The van der Waals surface area contributed by atoms with E-state index in [1.54, 1.807) is 6.07 Å². The minimum absolute atomic E-state index is 0.231. The summed E-state index contributed by atoms with van der Waals surface area (Å²) in [5.74, 6) is -0.231. The maximum atomic E-state index is 13.1. The molecule has 0 unspecified atom stereocenters. The highest BCUT2D eigenvalue weighted by Gasteiger charge is 2.14. The predicted molar refractivity (Wildman–Crippen MR) is 58.5 cm³/mol. The lowest BCUT2D eigenvalue weighted by molar-refractivity contribution is 0.495. The summed E-state index contributed by atoms with van der Waals surface area (Å²) in [5, 5.41) is 0. The monoisotopic (exact) mass is 207 g/mol. The van der Waals surface area contributed by atoms with Crippen LogP contribution in [0.1, 0.15) is 5.56 Å². The van der Waals surface area contributed by atoms with Gasteiger partial charge < -0.3 is 15.5 Å². The number of hydrogen-bond acceptors (Lipinski definition) is 3. The first-order chi connectivity index (χ1) is 7.20. The molecule has 3 nitrogen and oxygen atoms in total. The molecule has 2 N–H and O–H groups in total. The second-order valence-corrected chi connectivity index (χ2v) is 3.64. The normalized spacial score (nSPS) is 15.1. The molecule has 1 aromatic carbocycles. The van der Waals surface area contributed by atoms with E-state index in [9.17, 15) is 4.39 Å². The molecule has 1 heterocycles. The van der Waals surface area contributed by atoms with E-state index in [-0.39, 0.29) is 5.82 Å². The Bertz CT molecular complexity index is 389. The Balaban J connectivity index is 2.34. The van der Waals surface area contributed by atoms with E-state index in [2.05, 4.69) is 0 Å². The molecular weight excluding hydrogens is 193 g/mol. The smallest absolute Gasteiger partial charge is 0.125 e. The summed E-state index contributed by atoms with van der Waals surface area (Å²) < 4.78 is 13.1. The van der Waals surface area contributed by atoms with Crippen molar-refractivity contribution in [2.75, 3.05) is 18.6 Å². The van der Waals surface area contributed by atoms with Crippen molar-refractivity contribution in [1.29, 1.82) is 0 Å². The molecule has 0 aliphatic carbocycles. The number of halogens is 1. The third kappa shape index (κ3) is 1.94. The molecular formula is C11H14FN3. The van der Waals surface area contributed by atoms with Gasteiger partial charge >= 0.3 is 0 Å². The molecule has 1 aliphatic rings. The molecule has 4 heteroatoms. The Kier molecular flexibility index (Phi) is 2.60. The van der Waals surface area contributed by atoms with Crippen molar-refractivity contribution in [1.82, 2.24) is 4.90 Å². The molecule has 2 rings (SSSR count). The van der Waals surface area contributed by atoms with Gasteiger partial charge in [-0.2, -0.15) is 0 Å². The SMILES string of the molecule is CN1C=CN(c2cc(F)ccc2CN)C1. The maximum Gasteiger partial charge on any atom is 0.125 e. The van der Waals surface area contributed by atoms with Gasteiger partial charge in [-0.15, -0.1) is 0 Å². The second kappa shape index (κ2) is 3.90. The highest BCUT2D eigenvalue weighted by Crippen LogP contribution is 2.24. The van der Waals surface area contributed by atoms with Gasteiger partial charge in [0.1, 0.15) is 5.82 Å². The topological polar surface area (TPSA) is 32.5 Å². The van der Waals surface area contributed by atoms with Crippen molar-refractivity contribution < 1.29 is 4.39 Å². The standard InChI is InChI=1S/C11H14FN3/c1-14-4-5-15(8-14)11-6-10(12)3-2-9(11)7-13/h2-6H,7-8,13H2,1H3. The van der Waals surface area contributed by atoms with Gasteiger partial charge in [0, 0.05) is 31.7 Å². The highest BCUT2D eigenvalue weighted by atomic mass is 19.1. The summed E-state index contributed by atoms with van der Waals surface area (Å²) in [6.45, 7) is 1.15. The Morgan fingerprint density at radius 2 is 2.20 bits per heavy atom. The van der Waals surface area contributed by atoms with Gasteiger partial charge in [-0.05, 0) is 17.7 Å². The summed E-state index contributed by atoms with van der Waals surface area (Å²) in [6.07, 6.45) is 3.87. The minimum Gasteiger partial charge on any atom is -0.361 e. The largest absolute Gasteiger partial charge is 0.361 e. The first kappa shape index (κ1) is 9.98. The van der Waals surface area contributed by atoms with Crippen molar-refractivity contribution in [2.24, 2.45) is 5.73 Å². The van der Waals surface area contributed by atoms with Gasteiger partial charge in [0.25, 0.3) is 0 Å². The number of nitrogens with two attached hydrogens (primary N) is 1. The molecule has 1 aromatic rings. The van der Waals surface area contributed by atoms with Crippen LogP contribution in [-0.2, 0) is 6.54 Å². The van der Waals surface area contributed by atoms with Crippen molar-refractivity contribution >= 4 is 5.69 Å². The zero-order chi connectivity index (χ0) is 10.8. The lowest BCUT2D eigenvalue weighted by Gasteiger charge is -2.20. The summed E-state index contributed by atoms with van der Waals surface area (Å²) in [4.78, 5) is 4.00. The van der Waals surface area contributed by atoms with Crippen LogP contribution < -0.4 is 10.6 Å². The summed E-state index contributed by atoms with van der Waals surface area (Å²) in [6, 6.07) is 4.69. The Hall–Kier alpha value is -1.55. The van der Waals surface area contributed by atoms with E-state index in [0.717, 1.165) is 17.9 Å². The molecule has 0 aromatic heterocycles. The van der Waals surface area contributed by atoms with Gasteiger partial charge in [-0.25, -0.2) is 4.39 Å². The zero-order valence-electron chi connectivity index (χ0n) is 8.65. The Morgan fingerprint density at radius 1 is 1.40 bits per heavy atom. The third-order valence-electron chi connectivity index (χ3n) is 2.45. The van der Waals surface area contributed by atoms with Gasteiger partial charge in [0.15, 0.2) is 0 Å². The van der Waals surface area contributed by atoms with E-state index < -0.39 is 0 Å². The van der Waals surface area contributed by atoms with Crippen molar-refractivity contribution in [3.8, 4) is 0 Å². The fourth-order valence-corrected chi connectivity index (χ4v) is 1.66. The van der Waals surface area contributed by atoms with Gasteiger partial charge in [0.05, 0.1) is 6.67 Å². The van der Waals surface area contributed by atoms with E-state index in [1.807, 2.05) is 29.2 Å². The van der Waals surface area contributed by atoms with Gasteiger partial charge in [-0.3, -0.25) is 0 Å². The number of anilines is 1. The zero-order valence-corrected chi connectivity index (χ0v) is 8.65. The Morgan fingerprint density at radius 3 is 2.80 bits per heavy atom. The van der Waals surface area contributed by atoms with Gasteiger partial charge in [-0.1, -0.05) is 6.07 Å². The Labute approximate surface area is 88.6 Å². The molecule has 0 amide bonds. The number of hydrogen-bond donors (Lipinski definition) is 1. The van der Waals surface area contributed by atoms with Crippen LogP contribution in [0.15, 0.2) is 30.6 Å². The fourth-order valence-electron chi connectivity index (χ4n) is 1.66. The van der Waals surface area contributed by atoms with E-state index in [0.29, 0.717) is 6.54 Å². The molecule has 0 fully saturated rings. The highest BCUT2D eigenvalue weighted by molar-refractivity contribution is 5.56. The van der Waals surface area contributed by atoms with Crippen LogP contribution in [0.4, 0.5) is 10.1 Å². The average molecular weight is 207 g/mol. The molecule has 15 heavy (non-hydrogen) atoms. The van der Waals surface area contributed by atoms with E-state index in [4.69, 9.17) is 5.73 Å². The second-order valence-electron chi connectivity index (χ2n) is 3.64. The lowest BCUT2D eigenvalue weighted by atomic mass is 10.1. The number of nitrogens with zero attached hydrogens (tertiary/aromatic N) is 2. The summed E-state index contributed by atoms with van der Waals surface area (Å²) >= 11 is 0. The predicted octanol–water partition coefficient (Wildman–Crippen LogP) is 1.46. The fraction of sp³-hybridized carbons (Fsp3) is 0.273. The molecule has 0 atom stereocenters. The number of benzene rings is 1. The minimum atomic E-state index is -0.231. The van der Waals surface area contributed by atoms with Crippen LogP contribution in [0.5, 0.6) is 0 Å². The molecule has 0 saturated heterocycles. The molecule has 0 saturated carbocycles. The first-order valence-electron chi connectivity index (χ1n) is 4.84. The van der Waals surface area contributed by atoms with Crippen molar-refractivity contribution in [2.45, 2.75) is 6.54 Å². The molecule has 1 aliphatic heterocycles. The van der Waals surface area contributed by atoms with Crippen LogP contribution in [0.25, 0.3) is 0 Å². The maximum absolute atomic E-state index is 13.1. The first-order valence-corrected chi connectivity index (χ1v) is 4.84. The van der Waals surface area contributed by atoms with Crippen LogP contribution in [0.3, 0.4) is 0 Å². The summed E-state index contributed by atoms with van der Waals surface area (Å²) in [5.41, 5.74) is 7.42.